The lowest BCUT2D eigenvalue weighted by Crippen LogP contribution is -2.04. The summed E-state index contributed by atoms with van der Waals surface area (Å²) in [6.07, 6.45) is 2.64. The quantitative estimate of drug-likeness (QED) is 0.478. The number of carbonyl (C=O) groups is 1. The van der Waals surface area contributed by atoms with Crippen LogP contribution in [0.5, 0.6) is 11.5 Å². The molecule has 0 fully saturated rings. The van der Waals surface area contributed by atoms with E-state index in [-0.39, 0.29) is 17.1 Å². The van der Waals surface area contributed by atoms with Gasteiger partial charge in [-0.05, 0) is 35.9 Å². The molecule has 0 amide bonds. The maximum absolute atomic E-state index is 12.0. The normalized spacial score (nSPS) is 10.5. The molecule has 2 aromatic carbocycles. The summed E-state index contributed by atoms with van der Waals surface area (Å²) in [4.78, 5) is 11.7. The molecule has 4 nitrogen and oxygen atoms in total. The van der Waals surface area contributed by atoms with Crippen LogP contribution in [0, 0.1) is 11.3 Å². The number of nitrogens with zero attached hydrogens (tertiary/aromatic N) is 1. The fourth-order valence-electron chi connectivity index (χ4n) is 1.72. The summed E-state index contributed by atoms with van der Waals surface area (Å²) in [5.41, 5.74) is 0.861. The fraction of sp³-hybridized carbons (Fsp3) is 0.0588. The van der Waals surface area contributed by atoms with Gasteiger partial charge in [0.2, 0.25) is 0 Å². The van der Waals surface area contributed by atoms with Crippen LogP contribution in [0.1, 0.15) is 11.1 Å². The number of carbonyl (C=O) groups excluding carboxylic acids is 1. The van der Waals surface area contributed by atoms with Gasteiger partial charge in [0.05, 0.1) is 5.56 Å². The van der Waals surface area contributed by atoms with Crippen LogP contribution in [0.4, 0.5) is 8.78 Å². The smallest absolute Gasteiger partial charge is 0.387 e. The Morgan fingerprint density at radius 1 is 1.13 bits per heavy atom. The summed E-state index contributed by atoms with van der Waals surface area (Å²) in [5.74, 6) is -0.450. The van der Waals surface area contributed by atoms with Crippen molar-refractivity contribution in [1.82, 2.24) is 0 Å². The molecule has 0 aromatic heterocycles. The van der Waals surface area contributed by atoms with Crippen molar-refractivity contribution in [2.75, 3.05) is 0 Å². The molecule has 0 heterocycles. The predicted octanol–water partition coefficient (Wildman–Crippen LogP) is 3.78. The Morgan fingerprint density at radius 3 is 2.48 bits per heavy atom. The first-order valence-electron chi connectivity index (χ1n) is 6.52. The molecule has 2 rings (SSSR count). The topological polar surface area (TPSA) is 59.3 Å². The van der Waals surface area contributed by atoms with Gasteiger partial charge in [0, 0.05) is 6.08 Å². The van der Waals surface area contributed by atoms with E-state index in [1.54, 1.807) is 12.1 Å². The van der Waals surface area contributed by atoms with Gasteiger partial charge in [-0.15, -0.1) is 0 Å². The third-order valence-corrected chi connectivity index (χ3v) is 2.74. The lowest BCUT2D eigenvalue weighted by Gasteiger charge is -2.04. The standard InChI is InChI=1S/C17H11F2NO3/c18-17(19)22-14-8-5-12(6-9-14)7-10-16(21)23-15-4-2-1-3-13(15)11-20/h1-10,17H/b10-7+. The van der Waals surface area contributed by atoms with Gasteiger partial charge in [0.1, 0.15) is 17.6 Å². The Bertz CT molecular complexity index is 749. The van der Waals surface area contributed by atoms with Crippen molar-refractivity contribution < 1.29 is 23.0 Å². The Kier molecular flexibility index (Phi) is 5.42. The van der Waals surface area contributed by atoms with Gasteiger partial charge < -0.3 is 9.47 Å². The number of ether oxygens (including phenoxy) is 2. The zero-order valence-electron chi connectivity index (χ0n) is 11.8. The maximum atomic E-state index is 12.0. The summed E-state index contributed by atoms with van der Waals surface area (Å²) >= 11 is 0. The molecular formula is C17H11F2NO3. The molecule has 0 aliphatic heterocycles. The molecule has 0 N–H and O–H groups in total. The van der Waals surface area contributed by atoms with Gasteiger partial charge in [0.25, 0.3) is 0 Å². The minimum absolute atomic E-state index is 0.0303. The molecule has 0 aliphatic carbocycles. The molecule has 0 atom stereocenters. The largest absolute Gasteiger partial charge is 0.435 e. The van der Waals surface area contributed by atoms with Gasteiger partial charge in [-0.1, -0.05) is 24.3 Å². The summed E-state index contributed by atoms with van der Waals surface area (Å²) in [6, 6.07) is 14.0. The van der Waals surface area contributed by atoms with Crippen LogP contribution in [0.2, 0.25) is 0 Å². The Hall–Kier alpha value is -3.20. The predicted molar refractivity (Wildman–Crippen MR) is 78.9 cm³/mol. The van der Waals surface area contributed by atoms with E-state index in [2.05, 4.69) is 4.74 Å². The number of nitriles is 1. The van der Waals surface area contributed by atoms with Gasteiger partial charge in [-0.2, -0.15) is 14.0 Å². The maximum Gasteiger partial charge on any atom is 0.387 e. The molecule has 2 aromatic rings. The molecule has 0 radical (unpaired) electrons. The number of alkyl halides is 2. The van der Waals surface area contributed by atoms with Crippen molar-refractivity contribution in [3.05, 3.63) is 65.7 Å². The summed E-state index contributed by atoms with van der Waals surface area (Å²) in [5, 5.41) is 8.90. The van der Waals surface area contributed by atoms with E-state index in [0.29, 0.717) is 5.56 Å². The van der Waals surface area contributed by atoms with Crippen LogP contribution in [-0.2, 0) is 4.79 Å². The molecule has 0 bridgehead atoms. The average molecular weight is 315 g/mol. The SMILES string of the molecule is N#Cc1ccccc1OC(=O)/C=C/c1ccc(OC(F)F)cc1. The first-order chi connectivity index (χ1) is 11.1. The number of esters is 1. The van der Waals surface area contributed by atoms with Gasteiger partial charge in [-0.25, -0.2) is 4.79 Å². The van der Waals surface area contributed by atoms with E-state index in [1.165, 1.54) is 48.6 Å². The summed E-state index contributed by atoms with van der Waals surface area (Å²) in [7, 11) is 0. The Morgan fingerprint density at radius 2 is 1.83 bits per heavy atom. The van der Waals surface area contributed by atoms with E-state index in [4.69, 9.17) is 10.00 Å². The van der Waals surface area contributed by atoms with Crippen molar-refractivity contribution >= 4 is 12.0 Å². The summed E-state index contributed by atoms with van der Waals surface area (Å²) in [6.45, 7) is -2.88. The Balaban J connectivity index is 2.00. The fourth-order valence-corrected chi connectivity index (χ4v) is 1.72. The highest BCUT2D eigenvalue weighted by Gasteiger charge is 2.06. The molecule has 116 valence electrons. The van der Waals surface area contributed by atoms with E-state index >= 15 is 0 Å². The van der Waals surface area contributed by atoms with Crippen LogP contribution in [-0.4, -0.2) is 12.6 Å². The molecule has 0 saturated heterocycles. The second kappa shape index (κ2) is 7.71. The van der Waals surface area contributed by atoms with Crippen molar-refractivity contribution in [3.8, 4) is 17.6 Å². The lowest BCUT2D eigenvalue weighted by molar-refractivity contribution is -0.128. The Labute approximate surface area is 131 Å². The average Bonchev–Trinajstić information content (AvgIpc) is 2.54. The third kappa shape index (κ3) is 4.93. The second-order valence-electron chi connectivity index (χ2n) is 4.31. The highest BCUT2D eigenvalue weighted by molar-refractivity contribution is 5.89. The molecular weight excluding hydrogens is 304 g/mol. The van der Waals surface area contributed by atoms with E-state index in [1.807, 2.05) is 6.07 Å². The zero-order valence-corrected chi connectivity index (χ0v) is 11.8. The van der Waals surface area contributed by atoms with Crippen LogP contribution >= 0.6 is 0 Å². The van der Waals surface area contributed by atoms with Gasteiger partial charge in [0.15, 0.2) is 0 Å². The van der Waals surface area contributed by atoms with Crippen molar-refractivity contribution in [3.63, 3.8) is 0 Å². The number of rotatable bonds is 5. The van der Waals surface area contributed by atoms with Crippen molar-refractivity contribution in [1.29, 1.82) is 5.26 Å². The van der Waals surface area contributed by atoms with Crippen LogP contribution in [0.3, 0.4) is 0 Å². The number of halogens is 2. The van der Waals surface area contributed by atoms with Crippen molar-refractivity contribution in [2.45, 2.75) is 6.61 Å². The first kappa shape index (κ1) is 16.2. The van der Waals surface area contributed by atoms with E-state index in [0.717, 1.165) is 0 Å². The summed E-state index contributed by atoms with van der Waals surface area (Å²) < 4.78 is 33.3. The number of hydrogen-bond acceptors (Lipinski definition) is 4. The lowest BCUT2D eigenvalue weighted by atomic mass is 10.2. The molecule has 0 aliphatic rings. The molecule has 0 saturated carbocycles. The minimum Gasteiger partial charge on any atom is -0.435 e. The highest BCUT2D eigenvalue weighted by Crippen LogP contribution is 2.18. The van der Waals surface area contributed by atoms with Crippen LogP contribution in [0.15, 0.2) is 54.6 Å². The highest BCUT2D eigenvalue weighted by atomic mass is 19.3. The minimum atomic E-state index is -2.88. The van der Waals surface area contributed by atoms with Crippen LogP contribution in [0.25, 0.3) is 6.08 Å². The molecule has 0 unspecified atom stereocenters. The molecule has 6 heteroatoms. The molecule has 0 spiro atoms. The zero-order chi connectivity index (χ0) is 16.7. The number of para-hydroxylation sites is 1. The molecule has 23 heavy (non-hydrogen) atoms. The first-order valence-corrected chi connectivity index (χ1v) is 6.52. The van der Waals surface area contributed by atoms with Gasteiger partial charge >= 0.3 is 12.6 Å². The van der Waals surface area contributed by atoms with E-state index in [9.17, 15) is 13.6 Å². The van der Waals surface area contributed by atoms with Crippen molar-refractivity contribution in [2.24, 2.45) is 0 Å². The third-order valence-electron chi connectivity index (χ3n) is 2.74. The van der Waals surface area contributed by atoms with Crippen LogP contribution < -0.4 is 9.47 Å². The van der Waals surface area contributed by atoms with Gasteiger partial charge in [-0.3, -0.25) is 0 Å². The number of benzene rings is 2. The number of hydrogen-bond donors (Lipinski definition) is 0. The van der Waals surface area contributed by atoms with E-state index < -0.39 is 12.6 Å². The monoisotopic (exact) mass is 315 g/mol. The second-order valence-corrected chi connectivity index (χ2v) is 4.31.